The number of nitrogens with zero attached hydrogens (tertiary/aromatic N) is 1. The minimum atomic E-state index is -3.57. The predicted octanol–water partition coefficient (Wildman–Crippen LogP) is 1.27. The Labute approximate surface area is 116 Å². The summed E-state index contributed by atoms with van der Waals surface area (Å²) in [5.74, 6) is -2.96. The fourth-order valence-electron chi connectivity index (χ4n) is 1.70. The van der Waals surface area contributed by atoms with Crippen LogP contribution in [0.2, 0.25) is 0 Å². The van der Waals surface area contributed by atoms with Gasteiger partial charge >= 0.3 is 5.97 Å². The zero-order chi connectivity index (χ0) is 15.3. The normalized spacial score (nSPS) is 12.8. The number of aryl methyl sites for hydroxylation is 1. The standard InChI is InChI=1S/C12H15NO6S/c1-9(12(14)15)8-20(18,19)7-6-10-4-2-3-5-11(10)13(16)17/h2-5,9H,6-8H2,1H3,(H,14,15). The van der Waals surface area contributed by atoms with Gasteiger partial charge in [0, 0.05) is 11.6 Å². The summed E-state index contributed by atoms with van der Waals surface area (Å²) >= 11 is 0. The Hall–Kier alpha value is -1.96. The molecule has 1 aromatic carbocycles. The first kappa shape index (κ1) is 16.1. The number of carboxylic acids is 1. The van der Waals surface area contributed by atoms with E-state index >= 15 is 0 Å². The number of carbonyl (C=O) groups is 1. The number of rotatable bonds is 7. The molecule has 1 atom stereocenters. The average Bonchev–Trinajstić information content (AvgIpc) is 2.36. The van der Waals surface area contributed by atoms with Crippen molar-refractivity contribution < 1.29 is 23.2 Å². The van der Waals surface area contributed by atoms with Crippen LogP contribution in [0.3, 0.4) is 0 Å². The van der Waals surface area contributed by atoms with E-state index in [9.17, 15) is 23.3 Å². The molecule has 0 bridgehead atoms. The first-order valence-corrected chi connectivity index (χ1v) is 7.70. The number of carboxylic acid groups (broad SMARTS) is 1. The van der Waals surface area contributed by atoms with Crippen LogP contribution in [-0.2, 0) is 21.1 Å². The van der Waals surface area contributed by atoms with Crippen molar-refractivity contribution in [1.29, 1.82) is 0 Å². The number of aliphatic carboxylic acids is 1. The van der Waals surface area contributed by atoms with Crippen LogP contribution in [-0.4, -0.2) is 35.9 Å². The number of nitro benzene ring substituents is 1. The molecule has 1 N–H and O–H groups in total. The van der Waals surface area contributed by atoms with Gasteiger partial charge in [-0.2, -0.15) is 0 Å². The molecule has 0 saturated carbocycles. The molecule has 20 heavy (non-hydrogen) atoms. The lowest BCUT2D eigenvalue weighted by molar-refractivity contribution is -0.385. The highest BCUT2D eigenvalue weighted by atomic mass is 32.2. The molecule has 1 unspecified atom stereocenters. The monoisotopic (exact) mass is 301 g/mol. The van der Waals surface area contributed by atoms with E-state index in [1.54, 1.807) is 6.07 Å². The highest BCUT2D eigenvalue weighted by Crippen LogP contribution is 2.19. The quantitative estimate of drug-likeness (QED) is 0.599. The first-order chi connectivity index (χ1) is 9.23. The van der Waals surface area contributed by atoms with Gasteiger partial charge in [-0.3, -0.25) is 14.9 Å². The largest absolute Gasteiger partial charge is 0.481 e. The van der Waals surface area contributed by atoms with Crippen molar-refractivity contribution in [2.24, 2.45) is 5.92 Å². The Kier molecular flexibility index (Phi) is 5.20. The third kappa shape index (κ3) is 4.61. The Balaban J connectivity index is 2.77. The number of nitro groups is 1. The molecule has 7 nitrogen and oxygen atoms in total. The summed E-state index contributed by atoms with van der Waals surface area (Å²) in [5, 5.41) is 19.5. The van der Waals surface area contributed by atoms with E-state index in [1.807, 2.05) is 0 Å². The highest BCUT2D eigenvalue weighted by molar-refractivity contribution is 7.91. The van der Waals surface area contributed by atoms with Crippen molar-refractivity contribution in [2.45, 2.75) is 13.3 Å². The van der Waals surface area contributed by atoms with Crippen LogP contribution in [0.25, 0.3) is 0 Å². The summed E-state index contributed by atoms with van der Waals surface area (Å²) < 4.78 is 23.5. The molecular formula is C12H15NO6S. The van der Waals surface area contributed by atoms with E-state index < -0.39 is 32.4 Å². The van der Waals surface area contributed by atoms with Gasteiger partial charge in [0.25, 0.3) is 5.69 Å². The molecule has 1 aromatic rings. The van der Waals surface area contributed by atoms with Crippen molar-refractivity contribution in [3.63, 3.8) is 0 Å². The second-order valence-electron chi connectivity index (χ2n) is 4.49. The molecular weight excluding hydrogens is 286 g/mol. The lowest BCUT2D eigenvalue weighted by Crippen LogP contribution is -2.23. The van der Waals surface area contributed by atoms with E-state index in [4.69, 9.17) is 5.11 Å². The Morgan fingerprint density at radius 3 is 2.55 bits per heavy atom. The minimum absolute atomic E-state index is 0.00811. The molecule has 0 spiro atoms. The fourth-order valence-corrected chi connectivity index (χ4v) is 3.30. The third-order valence-corrected chi connectivity index (χ3v) is 4.63. The second kappa shape index (κ2) is 6.47. The van der Waals surface area contributed by atoms with Crippen LogP contribution in [0.15, 0.2) is 24.3 Å². The van der Waals surface area contributed by atoms with Crippen molar-refractivity contribution in [3.05, 3.63) is 39.9 Å². The van der Waals surface area contributed by atoms with Gasteiger partial charge in [0.05, 0.1) is 22.3 Å². The van der Waals surface area contributed by atoms with Crippen LogP contribution in [0.5, 0.6) is 0 Å². The zero-order valence-electron chi connectivity index (χ0n) is 10.9. The molecule has 8 heteroatoms. The van der Waals surface area contributed by atoms with Crippen LogP contribution in [0.1, 0.15) is 12.5 Å². The number of para-hydroxylation sites is 1. The van der Waals surface area contributed by atoms with Crippen molar-refractivity contribution in [2.75, 3.05) is 11.5 Å². The topological polar surface area (TPSA) is 115 Å². The highest BCUT2D eigenvalue weighted by Gasteiger charge is 2.22. The van der Waals surface area contributed by atoms with Crippen LogP contribution < -0.4 is 0 Å². The van der Waals surface area contributed by atoms with Gasteiger partial charge in [-0.25, -0.2) is 8.42 Å². The van der Waals surface area contributed by atoms with Gasteiger partial charge < -0.3 is 5.11 Å². The van der Waals surface area contributed by atoms with E-state index in [1.165, 1.54) is 25.1 Å². The summed E-state index contributed by atoms with van der Waals surface area (Å²) in [5.41, 5.74) is 0.193. The Bertz CT molecular complexity index is 610. The van der Waals surface area contributed by atoms with E-state index in [0.717, 1.165) is 0 Å². The summed E-state index contributed by atoms with van der Waals surface area (Å²) in [6.45, 7) is 1.31. The smallest absolute Gasteiger partial charge is 0.307 e. The number of sulfone groups is 1. The van der Waals surface area contributed by atoms with Crippen LogP contribution in [0, 0.1) is 16.0 Å². The molecule has 0 aliphatic heterocycles. The van der Waals surface area contributed by atoms with Gasteiger partial charge in [0.1, 0.15) is 0 Å². The minimum Gasteiger partial charge on any atom is -0.481 e. The molecule has 0 aliphatic rings. The van der Waals surface area contributed by atoms with Gasteiger partial charge in [-0.05, 0) is 6.42 Å². The molecule has 0 radical (unpaired) electrons. The maximum Gasteiger partial charge on any atom is 0.307 e. The second-order valence-corrected chi connectivity index (χ2v) is 6.72. The molecule has 0 aliphatic carbocycles. The summed E-state index contributed by atoms with van der Waals surface area (Å²) in [6.07, 6.45) is -0.00811. The SMILES string of the molecule is CC(CS(=O)(=O)CCc1ccccc1[N+](=O)[O-])C(=O)O. The average molecular weight is 301 g/mol. The fraction of sp³-hybridized carbons (Fsp3) is 0.417. The predicted molar refractivity (Wildman–Crippen MR) is 72.3 cm³/mol. The van der Waals surface area contributed by atoms with Gasteiger partial charge in [0.2, 0.25) is 0 Å². The van der Waals surface area contributed by atoms with Crippen LogP contribution >= 0.6 is 0 Å². The van der Waals surface area contributed by atoms with Gasteiger partial charge in [-0.1, -0.05) is 25.1 Å². The van der Waals surface area contributed by atoms with Crippen molar-refractivity contribution >= 4 is 21.5 Å². The zero-order valence-corrected chi connectivity index (χ0v) is 11.7. The van der Waals surface area contributed by atoms with Crippen LogP contribution in [0.4, 0.5) is 5.69 Å². The molecule has 110 valence electrons. The lowest BCUT2D eigenvalue weighted by Gasteiger charge is -2.08. The van der Waals surface area contributed by atoms with E-state index in [2.05, 4.69) is 0 Å². The van der Waals surface area contributed by atoms with Gasteiger partial charge in [0.15, 0.2) is 9.84 Å². The summed E-state index contributed by atoms with van der Waals surface area (Å²) in [4.78, 5) is 20.9. The molecule has 0 saturated heterocycles. The van der Waals surface area contributed by atoms with Gasteiger partial charge in [-0.15, -0.1) is 0 Å². The summed E-state index contributed by atoms with van der Waals surface area (Å²) in [7, 11) is -3.57. The number of benzene rings is 1. The third-order valence-electron chi connectivity index (χ3n) is 2.80. The Morgan fingerprint density at radius 1 is 1.40 bits per heavy atom. The maximum atomic E-state index is 11.8. The Morgan fingerprint density at radius 2 is 2.00 bits per heavy atom. The van der Waals surface area contributed by atoms with Crippen molar-refractivity contribution in [1.82, 2.24) is 0 Å². The summed E-state index contributed by atoms with van der Waals surface area (Å²) in [6, 6.07) is 5.90. The molecule has 0 aromatic heterocycles. The molecule has 0 fully saturated rings. The molecule has 0 heterocycles. The van der Waals surface area contributed by atoms with E-state index in [-0.39, 0.29) is 17.9 Å². The van der Waals surface area contributed by atoms with E-state index in [0.29, 0.717) is 5.56 Å². The first-order valence-electron chi connectivity index (χ1n) is 5.88. The number of hydrogen-bond donors (Lipinski definition) is 1. The lowest BCUT2D eigenvalue weighted by atomic mass is 10.1. The maximum absolute atomic E-state index is 11.8. The molecule has 1 rings (SSSR count). The van der Waals surface area contributed by atoms with Crippen molar-refractivity contribution in [3.8, 4) is 0 Å². The number of hydrogen-bond acceptors (Lipinski definition) is 5. The molecule has 0 amide bonds.